The molecule has 8 heteroatoms. The number of carbonyl (C=O) groups excluding carboxylic acids is 2. The second-order valence-electron chi connectivity index (χ2n) is 8.62. The fourth-order valence-corrected chi connectivity index (χ4v) is 3.53. The maximum atomic E-state index is 12.4. The van der Waals surface area contributed by atoms with E-state index in [4.69, 9.17) is 4.74 Å². The van der Waals surface area contributed by atoms with Crippen molar-refractivity contribution in [2.24, 2.45) is 11.8 Å². The molecule has 1 fully saturated rings. The van der Waals surface area contributed by atoms with Crippen molar-refractivity contribution >= 4 is 17.6 Å². The first-order chi connectivity index (χ1) is 13.5. The number of nitro benzene ring substituents is 1. The lowest BCUT2D eigenvalue weighted by Gasteiger charge is -2.28. The Morgan fingerprint density at radius 1 is 1.21 bits per heavy atom. The average Bonchev–Trinajstić information content (AvgIpc) is 2.65. The molecule has 0 radical (unpaired) electrons. The normalized spacial score (nSPS) is 20.6. The lowest BCUT2D eigenvalue weighted by molar-refractivity contribution is -0.384. The summed E-state index contributed by atoms with van der Waals surface area (Å²) < 4.78 is 5.36. The number of rotatable bonds is 7. The monoisotopic (exact) mass is 406 g/mol. The smallest absolute Gasteiger partial charge is 0.306 e. The van der Waals surface area contributed by atoms with Crippen molar-refractivity contribution in [3.8, 4) is 0 Å². The average molecular weight is 406 g/mol. The van der Waals surface area contributed by atoms with E-state index in [2.05, 4.69) is 5.32 Å². The van der Waals surface area contributed by atoms with E-state index >= 15 is 0 Å². The Hall–Kier alpha value is -2.48. The van der Waals surface area contributed by atoms with E-state index in [1.54, 1.807) is 0 Å². The molecule has 0 heterocycles. The summed E-state index contributed by atoms with van der Waals surface area (Å²) in [6.07, 6.45) is 2.44. The number of ether oxygens (including phenoxy) is 1. The molecule has 0 spiro atoms. The highest BCUT2D eigenvalue weighted by Crippen LogP contribution is 2.31. The van der Waals surface area contributed by atoms with E-state index in [0.717, 1.165) is 12.8 Å². The minimum Gasteiger partial charge on any atom is -0.460 e. The number of hydrogen-bond acceptors (Lipinski definition) is 6. The van der Waals surface area contributed by atoms with E-state index in [9.17, 15) is 24.8 Å². The van der Waals surface area contributed by atoms with Crippen LogP contribution in [-0.2, 0) is 14.3 Å². The molecule has 1 unspecified atom stereocenters. The Balaban J connectivity index is 1.74. The van der Waals surface area contributed by atoms with Crippen LogP contribution in [0.5, 0.6) is 0 Å². The third-order valence-electron chi connectivity index (χ3n) is 5.05. The number of aliphatic hydroxyl groups is 1. The van der Waals surface area contributed by atoms with Crippen LogP contribution in [0.3, 0.4) is 0 Å². The molecule has 0 aromatic heterocycles. The minimum atomic E-state index is -0.928. The Morgan fingerprint density at radius 3 is 2.31 bits per heavy atom. The molecule has 1 atom stereocenters. The predicted octanol–water partition coefficient (Wildman–Crippen LogP) is 3.28. The molecule has 29 heavy (non-hydrogen) atoms. The fourth-order valence-electron chi connectivity index (χ4n) is 3.53. The highest BCUT2D eigenvalue weighted by molar-refractivity contribution is 5.78. The molecule has 1 aromatic rings. The maximum absolute atomic E-state index is 12.4. The molecule has 0 saturated heterocycles. The Labute approximate surface area is 170 Å². The van der Waals surface area contributed by atoms with Gasteiger partial charge < -0.3 is 15.2 Å². The fraction of sp³-hybridized carbons (Fsp3) is 0.619. The van der Waals surface area contributed by atoms with Crippen molar-refractivity contribution < 1.29 is 24.4 Å². The van der Waals surface area contributed by atoms with Crippen molar-refractivity contribution in [3.05, 3.63) is 39.9 Å². The van der Waals surface area contributed by atoms with Gasteiger partial charge in [-0.05, 0) is 70.1 Å². The number of non-ortho nitro benzene ring substituents is 1. The number of nitro groups is 1. The van der Waals surface area contributed by atoms with Gasteiger partial charge in [0.05, 0.1) is 11.0 Å². The van der Waals surface area contributed by atoms with Gasteiger partial charge in [0.2, 0.25) is 5.91 Å². The topological polar surface area (TPSA) is 119 Å². The van der Waals surface area contributed by atoms with E-state index < -0.39 is 16.6 Å². The zero-order valence-corrected chi connectivity index (χ0v) is 17.2. The van der Waals surface area contributed by atoms with Crippen molar-refractivity contribution in [3.63, 3.8) is 0 Å². The minimum absolute atomic E-state index is 0.0480. The van der Waals surface area contributed by atoms with Gasteiger partial charge in [0.15, 0.2) is 0 Å². The van der Waals surface area contributed by atoms with Crippen molar-refractivity contribution in [2.75, 3.05) is 6.54 Å². The summed E-state index contributed by atoms with van der Waals surface area (Å²) in [6.45, 7) is 5.58. The zero-order valence-electron chi connectivity index (χ0n) is 17.2. The van der Waals surface area contributed by atoms with Crippen molar-refractivity contribution in [2.45, 2.75) is 64.6 Å². The van der Waals surface area contributed by atoms with Crippen LogP contribution in [0.2, 0.25) is 0 Å². The molecule has 1 saturated carbocycles. The lowest BCUT2D eigenvalue weighted by atomic mass is 9.80. The van der Waals surface area contributed by atoms with Gasteiger partial charge in [0.25, 0.3) is 5.69 Å². The number of esters is 1. The highest BCUT2D eigenvalue weighted by Gasteiger charge is 2.29. The Bertz CT molecular complexity index is 718. The van der Waals surface area contributed by atoms with Crippen LogP contribution in [0.15, 0.2) is 24.3 Å². The number of aliphatic hydroxyl groups excluding tert-OH is 1. The van der Waals surface area contributed by atoms with Crippen LogP contribution in [0.1, 0.15) is 64.5 Å². The number of nitrogens with zero attached hydrogens (tertiary/aromatic N) is 1. The van der Waals surface area contributed by atoms with Gasteiger partial charge in [-0.3, -0.25) is 19.7 Å². The Morgan fingerprint density at radius 2 is 1.79 bits per heavy atom. The van der Waals surface area contributed by atoms with Crippen molar-refractivity contribution in [1.29, 1.82) is 0 Å². The van der Waals surface area contributed by atoms with E-state index in [1.165, 1.54) is 24.3 Å². The molecule has 8 nitrogen and oxygen atoms in total. The van der Waals surface area contributed by atoms with E-state index in [-0.39, 0.29) is 35.9 Å². The molecule has 160 valence electrons. The summed E-state index contributed by atoms with van der Waals surface area (Å²) in [7, 11) is 0. The lowest BCUT2D eigenvalue weighted by Crippen LogP contribution is -2.36. The first-order valence-corrected chi connectivity index (χ1v) is 9.97. The summed E-state index contributed by atoms with van der Waals surface area (Å²) >= 11 is 0. The zero-order chi connectivity index (χ0) is 21.6. The molecule has 1 amide bonds. The molecular weight excluding hydrogens is 376 g/mol. The SMILES string of the molecule is CC(C)(C)OC(=O)CC1CCC(C(=O)NCC(O)c2ccc([N+](=O)[O-])cc2)CC1. The maximum Gasteiger partial charge on any atom is 0.306 e. The number of benzene rings is 1. The predicted molar refractivity (Wildman–Crippen MR) is 107 cm³/mol. The largest absolute Gasteiger partial charge is 0.460 e. The third-order valence-corrected chi connectivity index (χ3v) is 5.05. The van der Waals surface area contributed by atoms with Crippen LogP contribution in [0, 0.1) is 22.0 Å². The second-order valence-corrected chi connectivity index (χ2v) is 8.62. The molecular formula is C21H30N2O6. The molecule has 1 aliphatic rings. The molecule has 2 rings (SSSR count). The number of nitrogens with one attached hydrogen (secondary N) is 1. The molecule has 1 aromatic carbocycles. The van der Waals surface area contributed by atoms with Gasteiger partial charge in [-0.2, -0.15) is 0 Å². The quantitative estimate of drug-likeness (QED) is 0.407. The van der Waals surface area contributed by atoms with Gasteiger partial charge in [0, 0.05) is 31.0 Å². The van der Waals surface area contributed by atoms with Crippen molar-refractivity contribution in [1.82, 2.24) is 5.32 Å². The van der Waals surface area contributed by atoms with Gasteiger partial charge in [-0.25, -0.2) is 0 Å². The van der Waals surface area contributed by atoms with Crippen LogP contribution < -0.4 is 5.32 Å². The van der Waals surface area contributed by atoms with E-state index in [1.807, 2.05) is 20.8 Å². The third kappa shape index (κ3) is 7.45. The molecule has 2 N–H and O–H groups in total. The molecule has 1 aliphatic carbocycles. The van der Waals surface area contributed by atoms with Crippen LogP contribution >= 0.6 is 0 Å². The summed E-state index contributed by atoms with van der Waals surface area (Å²) in [6, 6.07) is 5.62. The number of amides is 1. The van der Waals surface area contributed by atoms with E-state index in [0.29, 0.717) is 24.8 Å². The Kier molecular flexibility index (Phi) is 7.73. The van der Waals surface area contributed by atoms with Gasteiger partial charge in [-0.1, -0.05) is 0 Å². The number of hydrogen-bond donors (Lipinski definition) is 2. The first kappa shape index (κ1) is 22.8. The summed E-state index contributed by atoms with van der Waals surface area (Å²) in [5, 5.41) is 23.6. The molecule has 0 aliphatic heterocycles. The van der Waals surface area contributed by atoms with Gasteiger partial charge in [-0.15, -0.1) is 0 Å². The van der Waals surface area contributed by atoms with Gasteiger partial charge in [0.1, 0.15) is 5.60 Å². The van der Waals surface area contributed by atoms with Crippen LogP contribution in [0.4, 0.5) is 5.69 Å². The van der Waals surface area contributed by atoms with Gasteiger partial charge >= 0.3 is 5.97 Å². The standard InChI is InChI=1S/C21H30N2O6/c1-21(2,3)29-19(25)12-14-4-6-16(7-5-14)20(26)22-13-18(24)15-8-10-17(11-9-15)23(27)28/h8-11,14,16,18,24H,4-7,12-13H2,1-3H3,(H,22,26). The summed E-state index contributed by atoms with van der Waals surface area (Å²) in [4.78, 5) is 34.5. The highest BCUT2D eigenvalue weighted by atomic mass is 16.6. The van der Waals surface area contributed by atoms with Crippen LogP contribution in [0.25, 0.3) is 0 Å². The van der Waals surface area contributed by atoms with Crippen LogP contribution in [-0.4, -0.2) is 34.1 Å². The first-order valence-electron chi connectivity index (χ1n) is 9.97. The summed E-state index contributed by atoms with van der Waals surface area (Å²) in [5.74, 6) is -0.202. The molecule has 0 bridgehead atoms. The summed E-state index contributed by atoms with van der Waals surface area (Å²) in [5.41, 5.74) is -0.0244. The second kappa shape index (κ2) is 9.82. The number of carbonyl (C=O) groups is 2.